The van der Waals surface area contributed by atoms with E-state index < -0.39 is 17.5 Å². The second-order valence-corrected chi connectivity index (χ2v) is 7.01. The van der Waals surface area contributed by atoms with E-state index in [0.29, 0.717) is 22.3 Å². The zero-order valence-corrected chi connectivity index (χ0v) is 15.8. The average Bonchev–Trinajstić information content (AvgIpc) is 2.97. The molecule has 0 aliphatic carbocycles. The van der Waals surface area contributed by atoms with Crippen molar-refractivity contribution >= 4 is 22.8 Å². The lowest BCUT2D eigenvalue weighted by atomic mass is 10.1. The molecule has 1 aromatic carbocycles. The Morgan fingerprint density at radius 2 is 1.89 bits per heavy atom. The predicted octanol–water partition coefficient (Wildman–Crippen LogP) is 1.67. The van der Waals surface area contributed by atoms with Crippen molar-refractivity contribution in [3.63, 3.8) is 0 Å². The number of benzene rings is 1. The summed E-state index contributed by atoms with van der Waals surface area (Å²) in [5.74, 6) is 5.03. The van der Waals surface area contributed by atoms with Gasteiger partial charge in [0.05, 0.1) is 5.52 Å². The zero-order valence-electron chi connectivity index (χ0n) is 15.8. The zero-order chi connectivity index (χ0) is 20.3. The third-order valence-corrected chi connectivity index (χ3v) is 3.57. The number of carbonyl (C=O) groups excluding carboxylic acids is 2. The molecule has 1 amide bonds. The van der Waals surface area contributed by atoms with E-state index in [-0.39, 0.29) is 12.2 Å². The lowest BCUT2D eigenvalue weighted by Crippen LogP contribution is -2.27. The van der Waals surface area contributed by atoms with Crippen LogP contribution in [-0.4, -0.2) is 37.2 Å². The van der Waals surface area contributed by atoms with Crippen LogP contribution in [0.4, 0.5) is 0 Å². The lowest BCUT2D eigenvalue weighted by Gasteiger charge is -2.19. The predicted molar refractivity (Wildman–Crippen MR) is 102 cm³/mol. The third-order valence-electron chi connectivity index (χ3n) is 3.57. The van der Waals surface area contributed by atoms with Crippen molar-refractivity contribution in [3.05, 3.63) is 53.7 Å². The minimum Gasteiger partial charge on any atom is -0.459 e. The van der Waals surface area contributed by atoms with Gasteiger partial charge in [-0.3, -0.25) is 14.3 Å². The van der Waals surface area contributed by atoms with Gasteiger partial charge in [0.15, 0.2) is 5.69 Å². The number of ether oxygens (including phenoxy) is 1. The maximum absolute atomic E-state index is 12.1. The van der Waals surface area contributed by atoms with E-state index in [4.69, 9.17) is 10.5 Å². The van der Waals surface area contributed by atoms with Gasteiger partial charge in [-0.25, -0.2) is 9.97 Å². The van der Waals surface area contributed by atoms with E-state index in [1.807, 2.05) is 0 Å². The molecule has 28 heavy (non-hydrogen) atoms. The van der Waals surface area contributed by atoms with Crippen molar-refractivity contribution < 1.29 is 14.3 Å². The molecule has 0 spiro atoms. The van der Waals surface area contributed by atoms with Crippen molar-refractivity contribution in [3.8, 4) is 11.8 Å². The van der Waals surface area contributed by atoms with Crippen molar-refractivity contribution in [1.29, 1.82) is 0 Å². The molecule has 0 aliphatic rings. The van der Waals surface area contributed by atoms with Gasteiger partial charge in [-0.1, -0.05) is 5.92 Å². The Morgan fingerprint density at radius 3 is 2.54 bits per heavy atom. The van der Waals surface area contributed by atoms with Gasteiger partial charge < -0.3 is 10.5 Å². The standard InChI is InChI=1S/C20H19N5O3/c1-20(2,3)28-17(26)12-25-15-7-5-13(6-8-16-22-9-4-10-23-16)11-14(15)18(24-25)19(21)27/h4-5,7,9-11H,12H2,1-3H3,(H2,21,27). The summed E-state index contributed by atoms with van der Waals surface area (Å²) in [4.78, 5) is 32.0. The number of hydrogen-bond donors (Lipinski definition) is 1. The van der Waals surface area contributed by atoms with Crippen molar-refractivity contribution in [2.75, 3.05) is 0 Å². The molecule has 0 atom stereocenters. The van der Waals surface area contributed by atoms with Crippen LogP contribution in [0.1, 0.15) is 42.6 Å². The number of hydrogen-bond acceptors (Lipinski definition) is 6. The molecule has 2 heterocycles. The van der Waals surface area contributed by atoms with Crippen LogP contribution in [0.2, 0.25) is 0 Å². The molecule has 8 heteroatoms. The fourth-order valence-corrected chi connectivity index (χ4v) is 2.55. The summed E-state index contributed by atoms with van der Waals surface area (Å²) in [5, 5.41) is 4.70. The first kappa shape index (κ1) is 19.0. The Balaban J connectivity index is 1.97. The number of carbonyl (C=O) groups is 2. The van der Waals surface area contributed by atoms with E-state index in [1.165, 1.54) is 4.68 Å². The summed E-state index contributed by atoms with van der Waals surface area (Å²) in [6.45, 7) is 5.21. The molecule has 0 fully saturated rings. The monoisotopic (exact) mass is 377 g/mol. The fourth-order valence-electron chi connectivity index (χ4n) is 2.55. The fraction of sp³-hybridized carbons (Fsp3) is 0.250. The summed E-state index contributed by atoms with van der Waals surface area (Å²) in [7, 11) is 0. The highest BCUT2D eigenvalue weighted by molar-refractivity contribution is 6.04. The third kappa shape index (κ3) is 4.51. The van der Waals surface area contributed by atoms with Crippen LogP contribution >= 0.6 is 0 Å². The number of fused-ring (bicyclic) bond motifs is 1. The lowest BCUT2D eigenvalue weighted by molar-refractivity contribution is -0.155. The smallest absolute Gasteiger partial charge is 0.328 e. The first-order valence-electron chi connectivity index (χ1n) is 8.54. The Kier molecular flexibility index (Phi) is 5.09. The number of primary amides is 1. The Morgan fingerprint density at radius 1 is 1.18 bits per heavy atom. The SMILES string of the molecule is CC(C)(C)OC(=O)Cn1nc(C(N)=O)c2cc(C#Cc3ncccn3)ccc21. The highest BCUT2D eigenvalue weighted by Gasteiger charge is 2.20. The maximum Gasteiger partial charge on any atom is 0.328 e. The summed E-state index contributed by atoms with van der Waals surface area (Å²) < 4.78 is 6.72. The first-order valence-corrected chi connectivity index (χ1v) is 8.54. The van der Waals surface area contributed by atoms with Crippen LogP contribution in [0.15, 0.2) is 36.7 Å². The average molecular weight is 377 g/mol. The molecule has 142 valence electrons. The second-order valence-electron chi connectivity index (χ2n) is 7.01. The van der Waals surface area contributed by atoms with Gasteiger partial charge in [0.1, 0.15) is 12.1 Å². The summed E-state index contributed by atoms with van der Waals surface area (Å²) in [6.07, 6.45) is 3.21. The van der Waals surface area contributed by atoms with Crippen LogP contribution in [-0.2, 0) is 16.1 Å². The molecule has 3 aromatic rings. The second kappa shape index (κ2) is 7.48. The number of rotatable bonds is 3. The molecule has 0 radical (unpaired) electrons. The minimum absolute atomic E-state index is 0.0677. The highest BCUT2D eigenvalue weighted by atomic mass is 16.6. The normalized spacial score (nSPS) is 11.0. The number of amides is 1. The summed E-state index contributed by atoms with van der Waals surface area (Å²) in [5.41, 5.74) is 6.13. The molecule has 8 nitrogen and oxygen atoms in total. The Labute approximate surface area is 161 Å². The summed E-state index contributed by atoms with van der Waals surface area (Å²) >= 11 is 0. The van der Waals surface area contributed by atoms with Crippen molar-refractivity contribution in [2.24, 2.45) is 5.73 Å². The molecular weight excluding hydrogens is 358 g/mol. The minimum atomic E-state index is -0.690. The molecule has 0 aliphatic heterocycles. The highest BCUT2D eigenvalue weighted by Crippen LogP contribution is 2.21. The maximum atomic E-state index is 12.1. The molecular formula is C20H19N5O3. The van der Waals surface area contributed by atoms with Gasteiger partial charge in [-0.2, -0.15) is 5.10 Å². The van der Waals surface area contributed by atoms with E-state index in [0.717, 1.165) is 0 Å². The Hall–Kier alpha value is -3.73. The molecule has 3 rings (SSSR count). The number of nitrogens with two attached hydrogens (primary N) is 1. The molecule has 2 aromatic heterocycles. The van der Waals surface area contributed by atoms with Gasteiger partial charge >= 0.3 is 5.97 Å². The van der Waals surface area contributed by atoms with Gasteiger partial charge in [0.25, 0.3) is 5.91 Å². The van der Waals surface area contributed by atoms with Gasteiger partial charge in [0.2, 0.25) is 5.82 Å². The molecule has 0 unspecified atom stereocenters. The quantitative estimate of drug-likeness (QED) is 0.549. The topological polar surface area (TPSA) is 113 Å². The number of esters is 1. The van der Waals surface area contributed by atoms with Crippen LogP contribution in [0.5, 0.6) is 0 Å². The van der Waals surface area contributed by atoms with Crippen molar-refractivity contribution in [2.45, 2.75) is 32.9 Å². The van der Waals surface area contributed by atoms with Crippen LogP contribution in [0, 0.1) is 11.8 Å². The van der Waals surface area contributed by atoms with Gasteiger partial charge in [-0.15, -0.1) is 0 Å². The van der Waals surface area contributed by atoms with Crippen LogP contribution < -0.4 is 5.73 Å². The van der Waals surface area contributed by atoms with E-state index in [9.17, 15) is 9.59 Å². The molecule has 2 N–H and O–H groups in total. The summed E-state index contributed by atoms with van der Waals surface area (Å²) in [6, 6.07) is 6.89. The number of aromatic nitrogens is 4. The first-order chi connectivity index (χ1) is 13.2. The van der Waals surface area contributed by atoms with E-state index in [1.54, 1.807) is 57.4 Å². The largest absolute Gasteiger partial charge is 0.459 e. The molecule has 0 bridgehead atoms. The van der Waals surface area contributed by atoms with Gasteiger partial charge in [0, 0.05) is 23.3 Å². The number of nitrogens with zero attached hydrogens (tertiary/aromatic N) is 4. The van der Waals surface area contributed by atoms with Crippen LogP contribution in [0.3, 0.4) is 0 Å². The van der Waals surface area contributed by atoms with E-state index >= 15 is 0 Å². The molecule has 0 saturated heterocycles. The van der Waals surface area contributed by atoms with Crippen molar-refractivity contribution in [1.82, 2.24) is 19.7 Å². The Bertz CT molecular complexity index is 1100. The van der Waals surface area contributed by atoms with E-state index in [2.05, 4.69) is 26.9 Å². The molecule has 0 saturated carbocycles. The van der Waals surface area contributed by atoms with Crippen LogP contribution in [0.25, 0.3) is 10.9 Å². The van der Waals surface area contributed by atoms with Gasteiger partial charge in [-0.05, 0) is 51.0 Å².